The second-order valence-corrected chi connectivity index (χ2v) is 3.55. The Morgan fingerprint density at radius 3 is 2.24 bits per heavy atom. The predicted octanol–water partition coefficient (Wildman–Crippen LogP) is 2.35. The predicted molar refractivity (Wildman–Crippen MR) is 69.4 cm³/mol. The Balaban J connectivity index is 3.35. The van der Waals surface area contributed by atoms with Crippen LogP contribution in [0.3, 0.4) is 0 Å². The maximum atomic E-state index is 10.9. The summed E-state index contributed by atoms with van der Waals surface area (Å²) in [6.45, 7) is 0. The van der Waals surface area contributed by atoms with Crippen LogP contribution in [-0.2, 0) is 0 Å². The van der Waals surface area contributed by atoms with Crippen LogP contribution in [0.25, 0.3) is 6.08 Å². The molecule has 17 heavy (non-hydrogen) atoms. The van der Waals surface area contributed by atoms with Crippen LogP contribution in [0, 0.1) is 0 Å². The largest absolute Gasteiger partial charge is 0.496 e. The minimum Gasteiger partial charge on any atom is -0.496 e. The molecule has 5 heteroatoms. The molecule has 0 aromatic heterocycles. The number of hydrogen-bond acceptors (Lipinski definition) is 4. The lowest BCUT2D eigenvalue weighted by Crippen LogP contribution is -2.00. The van der Waals surface area contributed by atoms with Crippen LogP contribution < -0.4 is 9.47 Å². The smallest absolute Gasteiger partial charge is 0.335 e. The minimum absolute atomic E-state index is 0.127. The molecule has 1 N–H and O–H groups in total. The Bertz CT molecular complexity index is 415. The van der Waals surface area contributed by atoms with Crippen LogP contribution in [0.15, 0.2) is 18.2 Å². The monoisotopic (exact) mass is 254 g/mol. The second-order valence-electron chi connectivity index (χ2n) is 3.18. The van der Waals surface area contributed by atoms with Crippen LogP contribution in [0.1, 0.15) is 15.9 Å². The number of carboxylic acid groups (broad SMARTS) is 1. The van der Waals surface area contributed by atoms with E-state index < -0.39 is 5.97 Å². The molecule has 0 atom stereocenters. The Hall–Kier alpha value is -1.62. The van der Waals surface area contributed by atoms with Crippen molar-refractivity contribution in [2.24, 2.45) is 0 Å². The van der Waals surface area contributed by atoms with Gasteiger partial charge >= 0.3 is 5.97 Å². The van der Waals surface area contributed by atoms with Crippen LogP contribution in [-0.4, -0.2) is 31.0 Å². The molecular weight excluding hydrogens is 240 g/mol. The molecule has 1 rings (SSSR count). The first kappa shape index (κ1) is 13.4. The van der Waals surface area contributed by atoms with E-state index in [1.165, 1.54) is 26.4 Å². The Morgan fingerprint density at radius 1 is 1.35 bits per heavy atom. The lowest BCUT2D eigenvalue weighted by molar-refractivity contribution is 0.0696. The van der Waals surface area contributed by atoms with E-state index in [-0.39, 0.29) is 5.56 Å². The van der Waals surface area contributed by atoms with Gasteiger partial charge in [0, 0.05) is 5.75 Å². The molecule has 1 aromatic rings. The summed E-state index contributed by atoms with van der Waals surface area (Å²) in [5.41, 5.74) is 0.829. The lowest BCUT2D eigenvalue weighted by atomic mass is 10.1. The molecule has 92 valence electrons. The number of thiol groups is 1. The lowest BCUT2D eigenvalue weighted by Gasteiger charge is -2.11. The van der Waals surface area contributed by atoms with Crippen molar-refractivity contribution < 1.29 is 19.4 Å². The molecule has 0 heterocycles. The molecule has 0 spiro atoms. The molecule has 0 aliphatic rings. The first-order chi connectivity index (χ1) is 8.13. The van der Waals surface area contributed by atoms with Gasteiger partial charge in [0.15, 0.2) is 0 Å². The van der Waals surface area contributed by atoms with Crippen LogP contribution >= 0.6 is 12.6 Å². The maximum Gasteiger partial charge on any atom is 0.335 e. The van der Waals surface area contributed by atoms with Crippen molar-refractivity contribution in [2.45, 2.75) is 0 Å². The van der Waals surface area contributed by atoms with Gasteiger partial charge in [-0.2, -0.15) is 12.6 Å². The van der Waals surface area contributed by atoms with E-state index >= 15 is 0 Å². The normalized spacial score (nSPS) is 10.5. The molecule has 0 amide bonds. The van der Waals surface area contributed by atoms with Gasteiger partial charge in [-0.25, -0.2) is 4.79 Å². The van der Waals surface area contributed by atoms with Crippen molar-refractivity contribution in [1.82, 2.24) is 0 Å². The molecule has 0 aliphatic carbocycles. The topological polar surface area (TPSA) is 55.8 Å². The van der Waals surface area contributed by atoms with Crippen molar-refractivity contribution in [3.8, 4) is 11.5 Å². The molecule has 0 radical (unpaired) electrons. The van der Waals surface area contributed by atoms with Gasteiger partial charge in [-0.05, 0) is 12.1 Å². The second kappa shape index (κ2) is 6.20. The fourth-order valence-corrected chi connectivity index (χ4v) is 1.50. The first-order valence-electron chi connectivity index (χ1n) is 4.90. The molecule has 0 bridgehead atoms. The zero-order valence-electron chi connectivity index (χ0n) is 9.64. The Kier molecular flexibility index (Phi) is 4.90. The van der Waals surface area contributed by atoms with Crippen molar-refractivity contribution >= 4 is 24.7 Å². The highest BCUT2D eigenvalue weighted by Crippen LogP contribution is 2.31. The van der Waals surface area contributed by atoms with Crippen LogP contribution in [0.4, 0.5) is 0 Å². The van der Waals surface area contributed by atoms with E-state index in [2.05, 4.69) is 12.6 Å². The van der Waals surface area contributed by atoms with E-state index in [4.69, 9.17) is 14.6 Å². The van der Waals surface area contributed by atoms with E-state index in [1.54, 1.807) is 6.08 Å². The van der Waals surface area contributed by atoms with Gasteiger partial charge in [-0.15, -0.1) is 0 Å². The number of carboxylic acids is 1. The SMILES string of the molecule is COc1cc(C(=O)O)cc(OC)c1C=CCS. The molecule has 0 aliphatic heterocycles. The fraction of sp³-hybridized carbons (Fsp3) is 0.250. The molecule has 0 saturated carbocycles. The highest BCUT2D eigenvalue weighted by molar-refractivity contribution is 7.80. The summed E-state index contributed by atoms with van der Waals surface area (Å²) >= 11 is 4.07. The Labute approximate surface area is 105 Å². The van der Waals surface area contributed by atoms with Crippen molar-refractivity contribution in [3.63, 3.8) is 0 Å². The average molecular weight is 254 g/mol. The summed E-state index contributed by atoms with van der Waals surface area (Å²) in [6, 6.07) is 2.92. The molecule has 0 saturated heterocycles. The van der Waals surface area contributed by atoms with Gasteiger partial charge in [-0.3, -0.25) is 0 Å². The zero-order chi connectivity index (χ0) is 12.8. The third kappa shape index (κ3) is 3.17. The number of methoxy groups -OCH3 is 2. The fourth-order valence-electron chi connectivity index (χ4n) is 1.40. The van der Waals surface area contributed by atoms with Gasteiger partial charge in [0.2, 0.25) is 0 Å². The molecule has 0 unspecified atom stereocenters. The summed E-state index contributed by atoms with van der Waals surface area (Å²) in [6.07, 6.45) is 3.61. The highest BCUT2D eigenvalue weighted by Gasteiger charge is 2.13. The zero-order valence-corrected chi connectivity index (χ0v) is 10.5. The van der Waals surface area contributed by atoms with E-state index in [9.17, 15) is 4.79 Å². The highest BCUT2D eigenvalue weighted by atomic mass is 32.1. The molecular formula is C12H14O4S. The summed E-state index contributed by atoms with van der Waals surface area (Å²) in [5, 5.41) is 8.95. The standard InChI is InChI=1S/C12H14O4S/c1-15-10-6-8(12(13)14)7-11(16-2)9(10)4-3-5-17/h3-4,6-7,17H,5H2,1-2H3,(H,13,14). The van der Waals surface area contributed by atoms with Crippen LogP contribution in [0.2, 0.25) is 0 Å². The number of ether oxygens (including phenoxy) is 2. The maximum absolute atomic E-state index is 10.9. The molecule has 4 nitrogen and oxygen atoms in total. The number of hydrogen-bond donors (Lipinski definition) is 2. The van der Waals surface area contributed by atoms with Crippen molar-refractivity contribution in [1.29, 1.82) is 0 Å². The van der Waals surface area contributed by atoms with E-state index in [1.807, 2.05) is 6.08 Å². The number of benzene rings is 1. The van der Waals surface area contributed by atoms with E-state index in [0.29, 0.717) is 22.8 Å². The number of aromatic carboxylic acids is 1. The third-order valence-electron chi connectivity index (χ3n) is 2.18. The Morgan fingerprint density at radius 2 is 1.88 bits per heavy atom. The van der Waals surface area contributed by atoms with Gasteiger partial charge in [0.25, 0.3) is 0 Å². The van der Waals surface area contributed by atoms with Crippen molar-refractivity contribution in [3.05, 3.63) is 29.3 Å². The van der Waals surface area contributed by atoms with Gasteiger partial charge in [0.05, 0.1) is 25.3 Å². The molecule has 1 aromatic carbocycles. The van der Waals surface area contributed by atoms with Crippen LogP contribution in [0.5, 0.6) is 11.5 Å². The number of rotatable bonds is 5. The van der Waals surface area contributed by atoms with Gasteiger partial charge < -0.3 is 14.6 Å². The average Bonchev–Trinajstić information content (AvgIpc) is 2.34. The number of carbonyl (C=O) groups is 1. The summed E-state index contributed by atoms with van der Waals surface area (Å²) < 4.78 is 10.3. The quantitative estimate of drug-likeness (QED) is 0.792. The summed E-state index contributed by atoms with van der Waals surface area (Å²) in [4.78, 5) is 10.9. The first-order valence-corrected chi connectivity index (χ1v) is 5.54. The van der Waals surface area contributed by atoms with Gasteiger partial charge in [-0.1, -0.05) is 12.2 Å². The summed E-state index contributed by atoms with van der Waals surface area (Å²) in [5.74, 6) is 0.471. The van der Waals surface area contributed by atoms with Gasteiger partial charge in [0.1, 0.15) is 11.5 Å². The summed E-state index contributed by atoms with van der Waals surface area (Å²) in [7, 11) is 2.97. The third-order valence-corrected chi connectivity index (χ3v) is 2.39. The molecule has 0 fully saturated rings. The van der Waals surface area contributed by atoms with E-state index in [0.717, 1.165) is 0 Å². The minimum atomic E-state index is -1.02. The van der Waals surface area contributed by atoms with Crippen molar-refractivity contribution in [2.75, 3.05) is 20.0 Å².